The minimum atomic E-state index is -0.249. The number of aliphatic hydroxyl groups excluding tert-OH is 1. The maximum absolute atomic E-state index is 11.4. The molecule has 2 rings (SSSR count). The van der Waals surface area contributed by atoms with Crippen LogP contribution in [0.25, 0.3) is 0 Å². The van der Waals surface area contributed by atoms with Crippen molar-refractivity contribution < 1.29 is 9.90 Å². The highest BCUT2D eigenvalue weighted by Crippen LogP contribution is 2.19. The molecule has 1 aromatic heterocycles. The van der Waals surface area contributed by atoms with E-state index in [9.17, 15) is 9.90 Å². The van der Waals surface area contributed by atoms with Gasteiger partial charge in [0.25, 0.3) is 0 Å². The van der Waals surface area contributed by atoms with Gasteiger partial charge in [0.1, 0.15) is 5.69 Å². The van der Waals surface area contributed by atoms with E-state index < -0.39 is 0 Å². The lowest BCUT2D eigenvalue weighted by molar-refractivity contribution is 0.0983. The first kappa shape index (κ1) is 12.0. The number of aromatic nitrogens is 1. The van der Waals surface area contributed by atoms with Crippen LogP contribution in [-0.2, 0) is 0 Å². The Morgan fingerprint density at radius 3 is 3.00 bits per heavy atom. The van der Waals surface area contributed by atoms with Gasteiger partial charge in [-0.05, 0) is 25.0 Å². The minimum Gasteiger partial charge on any atom is -0.391 e. The third-order valence-corrected chi connectivity index (χ3v) is 3.12. The number of aliphatic hydroxyl groups is 1. The van der Waals surface area contributed by atoms with Crippen LogP contribution in [0.3, 0.4) is 0 Å². The molecule has 0 amide bonds. The largest absolute Gasteiger partial charge is 0.391 e. The first-order chi connectivity index (χ1) is 8.20. The summed E-state index contributed by atoms with van der Waals surface area (Å²) in [4.78, 5) is 17.7. The number of β-amino-alcohol motifs (C(OH)–C–C–N with tert-alkyl or cyclic N) is 1. The number of anilines is 1. The Labute approximate surface area is 101 Å². The van der Waals surface area contributed by atoms with E-state index in [-0.39, 0.29) is 11.9 Å². The predicted molar refractivity (Wildman–Crippen MR) is 66.3 cm³/mol. The van der Waals surface area contributed by atoms with Crippen LogP contribution in [0.5, 0.6) is 0 Å². The quantitative estimate of drug-likeness (QED) is 0.808. The molecule has 92 valence electrons. The van der Waals surface area contributed by atoms with Crippen molar-refractivity contribution in [1.82, 2.24) is 4.98 Å². The Morgan fingerprint density at radius 1 is 1.59 bits per heavy atom. The smallest absolute Gasteiger partial charge is 0.180 e. The van der Waals surface area contributed by atoms with Crippen molar-refractivity contribution in [3.05, 3.63) is 24.0 Å². The normalized spacial score (nSPS) is 20.4. The number of hydrogen-bond acceptors (Lipinski definition) is 4. The molecular formula is C13H18N2O2. The molecule has 0 aromatic carbocycles. The van der Waals surface area contributed by atoms with Gasteiger partial charge in [0.15, 0.2) is 5.78 Å². The molecular weight excluding hydrogens is 216 g/mol. The summed E-state index contributed by atoms with van der Waals surface area (Å²) >= 11 is 0. The van der Waals surface area contributed by atoms with Crippen LogP contribution in [0.1, 0.15) is 36.7 Å². The number of ketones is 1. The van der Waals surface area contributed by atoms with E-state index in [1.807, 2.05) is 13.0 Å². The average Bonchev–Trinajstić information content (AvgIpc) is 2.38. The highest BCUT2D eigenvalue weighted by molar-refractivity contribution is 5.94. The number of carbonyl (C=O) groups is 1. The highest BCUT2D eigenvalue weighted by Gasteiger charge is 2.18. The summed E-state index contributed by atoms with van der Waals surface area (Å²) in [5.74, 6) is 0.0650. The molecule has 1 aliphatic rings. The molecule has 1 aliphatic heterocycles. The molecule has 2 heterocycles. The summed E-state index contributed by atoms with van der Waals surface area (Å²) in [6.45, 7) is 3.43. The van der Waals surface area contributed by atoms with Crippen LogP contribution in [0, 0.1) is 0 Å². The molecule has 0 spiro atoms. The summed E-state index contributed by atoms with van der Waals surface area (Å²) in [5, 5.41) is 9.61. The lowest BCUT2D eigenvalue weighted by atomic mass is 10.1. The molecule has 0 saturated carbocycles. The number of carbonyl (C=O) groups excluding carboxylic acids is 1. The van der Waals surface area contributed by atoms with Crippen LogP contribution in [0.2, 0.25) is 0 Å². The van der Waals surface area contributed by atoms with Gasteiger partial charge in [-0.3, -0.25) is 9.78 Å². The first-order valence-electron chi connectivity index (χ1n) is 6.13. The maximum Gasteiger partial charge on any atom is 0.180 e. The summed E-state index contributed by atoms with van der Waals surface area (Å²) < 4.78 is 0. The van der Waals surface area contributed by atoms with Crippen molar-refractivity contribution in [2.75, 3.05) is 18.0 Å². The molecule has 4 nitrogen and oxygen atoms in total. The first-order valence-corrected chi connectivity index (χ1v) is 6.13. The zero-order valence-electron chi connectivity index (χ0n) is 10.1. The zero-order valence-corrected chi connectivity index (χ0v) is 10.1. The van der Waals surface area contributed by atoms with Gasteiger partial charge in [-0.1, -0.05) is 6.92 Å². The van der Waals surface area contributed by atoms with Crippen LogP contribution in [-0.4, -0.2) is 35.1 Å². The Kier molecular flexibility index (Phi) is 3.74. The highest BCUT2D eigenvalue weighted by atomic mass is 16.3. The predicted octanol–water partition coefficient (Wildman–Crippen LogP) is 1.64. The van der Waals surface area contributed by atoms with Crippen molar-refractivity contribution in [2.24, 2.45) is 0 Å². The molecule has 1 atom stereocenters. The number of Topliss-reactive ketones (excluding diaryl/α,β-unsaturated/α-hetero) is 1. The molecule has 0 bridgehead atoms. The Hall–Kier alpha value is -1.42. The van der Waals surface area contributed by atoms with Gasteiger partial charge in [0.05, 0.1) is 18.0 Å². The van der Waals surface area contributed by atoms with Crippen LogP contribution < -0.4 is 4.90 Å². The monoisotopic (exact) mass is 234 g/mol. The van der Waals surface area contributed by atoms with E-state index in [1.165, 1.54) is 0 Å². The van der Waals surface area contributed by atoms with Gasteiger partial charge in [-0.15, -0.1) is 0 Å². The molecule has 1 fully saturated rings. The zero-order chi connectivity index (χ0) is 12.3. The van der Waals surface area contributed by atoms with Crippen molar-refractivity contribution >= 4 is 11.5 Å². The molecule has 17 heavy (non-hydrogen) atoms. The number of rotatable bonds is 3. The van der Waals surface area contributed by atoms with E-state index in [2.05, 4.69) is 9.88 Å². The van der Waals surface area contributed by atoms with E-state index in [1.54, 1.807) is 12.3 Å². The fourth-order valence-corrected chi connectivity index (χ4v) is 2.11. The second-order valence-corrected chi connectivity index (χ2v) is 4.42. The van der Waals surface area contributed by atoms with E-state index >= 15 is 0 Å². The Balaban J connectivity index is 2.09. The molecule has 0 radical (unpaired) electrons. The number of nitrogens with zero attached hydrogens (tertiary/aromatic N) is 2. The molecule has 4 heteroatoms. The number of piperidine rings is 1. The summed E-state index contributed by atoms with van der Waals surface area (Å²) in [6.07, 6.45) is 3.82. The number of hydrogen-bond donors (Lipinski definition) is 1. The van der Waals surface area contributed by atoms with Gasteiger partial charge in [0.2, 0.25) is 0 Å². The fourth-order valence-electron chi connectivity index (χ4n) is 2.11. The van der Waals surface area contributed by atoms with Gasteiger partial charge in [-0.25, -0.2) is 0 Å². The molecule has 1 aromatic rings. The third kappa shape index (κ3) is 2.82. The Bertz CT molecular complexity index is 389. The van der Waals surface area contributed by atoms with Gasteiger partial charge in [0, 0.05) is 19.5 Å². The average molecular weight is 234 g/mol. The summed E-state index contributed by atoms with van der Waals surface area (Å²) in [6, 6.07) is 3.68. The number of pyridine rings is 1. The second kappa shape index (κ2) is 5.27. The van der Waals surface area contributed by atoms with Crippen LogP contribution >= 0.6 is 0 Å². The van der Waals surface area contributed by atoms with Crippen molar-refractivity contribution in [3.63, 3.8) is 0 Å². The second-order valence-electron chi connectivity index (χ2n) is 4.42. The molecule has 1 saturated heterocycles. The third-order valence-electron chi connectivity index (χ3n) is 3.12. The van der Waals surface area contributed by atoms with E-state index in [4.69, 9.17) is 0 Å². The minimum absolute atomic E-state index is 0.0650. The van der Waals surface area contributed by atoms with Gasteiger partial charge >= 0.3 is 0 Å². The standard InChI is InChI=1S/C13H18N2O2/c1-2-13(17)12-6-5-10(8-14-12)15-7-3-4-11(16)9-15/h5-6,8,11,16H,2-4,7,9H2,1H3. The topological polar surface area (TPSA) is 53.4 Å². The molecule has 1 unspecified atom stereocenters. The van der Waals surface area contributed by atoms with E-state index in [0.717, 1.165) is 25.1 Å². The van der Waals surface area contributed by atoms with Crippen LogP contribution in [0.15, 0.2) is 18.3 Å². The molecule has 0 aliphatic carbocycles. The van der Waals surface area contributed by atoms with E-state index in [0.29, 0.717) is 18.7 Å². The fraction of sp³-hybridized carbons (Fsp3) is 0.538. The summed E-state index contributed by atoms with van der Waals surface area (Å²) in [7, 11) is 0. The molecule has 1 N–H and O–H groups in total. The summed E-state index contributed by atoms with van der Waals surface area (Å²) in [5.41, 5.74) is 1.50. The SMILES string of the molecule is CCC(=O)c1ccc(N2CCCC(O)C2)cn1. The lowest BCUT2D eigenvalue weighted by Crippen LogP contribution is -2.38. The van der Waals surface area contributed by atoms with Crippen molar-refractivity contribution in [3.8, 4) is 0 Å². The van der Waals surface area contributed by atoms with Gasteiger partial charge in [-0.2, -0.15) is 0 Å². The maximum atomic E-state index is 11.4. The lowest BCUT2D eigenvalue weighted by Gasteiger charge is -2.31. The van der Waals surface area contributed by atoms with Crippen molar-refractivity contribution in [1.29, 1.82) is 0 Å². The van der Waals surface area contributed by atoms with Crippen LogP contribution in [0.4, 0.5) is 5.69 Å². The Morgan fingerprint density at radius 2 is 2.41 bits per heavy atom. The van der Waals surface area contributed by atoms with Crippen molar-refractivity contribution in [2.45, 2.75) is 32.3 Å². The van der Waals surface area contributed by atoms with Gasteiger partial charge < -0.3 is 10.0 Å².